The molecule has 3 N–H and O–H groups in total. The Labute approximate surface area is 198 Å². The smallest absolute Gasteiger partial charge is 0.407 e. The number of likely N-dealkylation sites (tertiary alicyclic amines) is 1. The highest BCUT2D eigenvalue weighted by atomic mass is 16.5. The van der Waals surface area contributed by atoms with E-state index in [0.717, 1.165) is 22.3 Å². The van der Waals surface area contributed by atoms with E-state index in [1.54, 1.807) is 6.92 Å². The van der Waals surface area contributed by atoms with Crippen LogP contribution < -0.4 is 5.32 Å². The number of amides is 2. The van der Waals surface area contributed by atoms with Gasteiger partial charge in [0.25, 0.3) is 0 Å². The van der Waals surface area contributed by atoms with Gasteiger partial charge in [-0.3, -0.25) is 4.79 Å². The second-order valence-corrected chi connectivity index (χ2v) is 8.90. The minimum Gasteiger partial charge on any atom is -0.479 e. The number of nitrogens with one attached hydrogen (secondary N) is 1. The van der Waals surface area contributed by atoms with E-state index in [-0.39, 0.29) is 25.5 Å². The maximum Gasteiger partial charge on any atom is 0.407 e. The van der Waals surface area contributed by atoms with Gasteiger partial charge in [-0.05, 0) is 41.5 Å². The molecule has 0 aromatic heterocycles. The van der Waals surface area contributed by atoms with Gasteiger partial charge < -0.3 is 25.2 Å². The Morgan fingerprint density at radius 2 is 1.74 bits per heavy atom. The maximum atomic E-state index is 12.7. The summed E-state index contributed by atoms with van der Waals surface area (Å²) in [6, 6.07) is 16.1. The van der Waals surface area contributed by atoms with Crippen molar-refractivity contribution in [3.63, 3.8) is 0 Å². The van der Waals surface area contributed by atoms with Crippen LogP contribution in [0, 0.1) is 0 Å². The van der Waals surface area contributed by atoms with Gasteiger partial charge in [-0.25, -0.2) is 9.59 Å². The van der Waals surface area contributed by atoms with E-state index in [1.807, 2.05) is 36.4 Å². The molecule has 4 rings (SSSR count). The summed E-state index contributed by atoms with van der Waals surface area (Å²) in [5.74, 6) is -1.52. The lowest BCUT2D eigenvalue weighted by Crippen LogP contribution is -2.53. The second kappa shape index (κ2) is 9.85. The van der Waals surface area contributed by atoms with Crippen LogP contribution in [-0.4, -0.2) is 64.4 Å². The van der Waals surface area contributed by atoms with Crippen molar-refractivity contribution in [1.29, 1.82) is 0 Å². The Bertz CT molecular complexity index is 1040. The van der Waals surface area contributed by atoms with E-state index < -0.39 is 29.6 Å². The number of aliphatic hydroxyl groups is 1. The van der Waals surface area contributed by atoms with Gasteiger partial charge in [0.2, 0.25) is 5.91 Å². The highest BCUT2D eigenvalue weighted by molar-refractivity contribution is 5.88. The maximum absolute atomic E-state index is 12.7. The molecule has 0 spiro atoms. The zero-order chi connectivity index (χ0) is 24.3. The van der Waals surface area contributed by atoms with Crippen LogP contribution in [0.4, 0.5) is 4.79 Å². The number of carboxylic acid groups (broad SMARTS) is 1. The summed E-state index contributed by atoms with van der Waals surface area (Å²) in [6.45, 7) is 2.09. The quantitative estimate of drug-likeness (QED) is 0.550. The number of nitrogens with zero attached hydrogens (tertiary/aromatic N) is 1. The zero-order valence-electron chi connectivity index (χ0n) is 19.2. The summed E-state index contributed by atoms with van der Waals surface area (Å²) in [5.41, 5.74) is 3.26. The molecule has 1 aliphatic heterocycles. The number of fused-ring (bicyclic) bond motifs is 3. The molecule has 0 bridgehead atoms. The molecule has 1 heterocycles. The first-order valence-corrected chi connectivity index (χ1v) is 11.7. The van der Waals surface area contributed by atoms with Crippen LogP contribution in [0.1, 0.15) is 49.7 Å². The van der Waals surface area contributed by atoms with Gasteiger partial charge in [0.15, 0.2) is 0 Å². The lowest BCUT2D eigenvalue weighted by Gasteiger charge is -2.34. The van der Waals surface area contributed by atoms with Crippen molar-refractivity contribution in [2.75, 3.05) is 19.7 Å². The third-order valence-corrected chi connectivity index (χ3v) is 7.01. The molecule has 34 heavy (non-hydrogen) atoms. The first kappa shape index (κ1) is 23.8. The fourth-order valence-electron chi connectivity index (χ4n) is 5.22. The van der Waals surface area contributed by atoms with Gasteiger partial charge in [-0.1, -0.05) is 55.5 Å². The number of carbonyl (C=O) groups is 3. The molecular formula is C26H30N2O6. The van der Waals surface area contributed by atoms with Gasteiger partial charge in [-0.15, -0.1) is 0 Å². The van der Waals surface area contributed by atoms with Crippen molar-refractivity contribution in [2.45, 2.75) is 50.2 Å². The minimum atomic E-state index is -1.21. The molecule has 8 nitrogen and oxygen atoms in total. The number of aliphatic hydroxyl groups excluding tert-OH is 1. The predicted octanol–water partition coefficient (Wildman–Crippen LogP) is 3.13. The molecule has 8 heteroatoms. The number of carbonyl (C=O) groups excluding carboxylic acids is 2. The molecule has 2 amide bonds. The number of hydrogen-bond acceptors (Lipinski definition) is 5. The molecule has 2 aliphatic rings. The van der Waals surface area contributed by atoms with Crippen molar-refractivity contribution < 1.29 is 29.3 Å². The normalized spacial score (nSPS) is 19.9. The van der Waals surface area contributed by atoms with Crippen molar-refractivity contribution in [2.24, 2.45) is 0 Å². The van der Waals surface area contributed by atoms with Gasteiger partial charge >= 0.3 is 12.1 Å². The highest BCUT2D eigenvalue weighted by Gasteiger charge is 2.48. The molecule has 0 saturated carbocycles. The zero-order valence-corrected chi connectivity index (χ0v) is 19.2. The van der Waals surface area contributed by atoms with Crippen molar-refractivity contribution in [1.82, 2.24) is 10.2 Å². The topological polar surface area (TPSA) is 116 Å². The Morgan fingerprint density at radius 1 is 1.12 bits per heavy atom. The summed E-state index contributed by atoms with van der Waals surface area (Å²) in [4.78, 5) is 38.1. The van der Waals surface area contributed by atoms with Gasteiger partial charge in [0, 0.05) is 19.0 Å². The molecule has 1 aliphatic carbocycles. The summed E-state index contributed by atoms with van der Waals surface area (Å²) in [5, 5.41) is 22.4. The van der Waals surface area contributed by atoms with Crippen LogP contribution in [-0.2, 0) is 14.3 Å². The second-order valence-electron chi connectivity index (χ2n) is 8.90. The molecule has 2 unspecified atom stereocenters. The van der Waals surface area contributed by atoms with E-state index >= 15 is 0 Å². The standard InChI is InChI=1S/C26H30N2O6/c1-2-26(24(31)32)12-7-13-28(26)23(30)14-17(29)15-27-25(33)34-16-22-20-10-5-3-8-18(20)19-9-4-6-11-21(19)22/h3-6,8-11,17,22,29H,2,7,12-16H2,1H3,(H,27,33)(H,31,32). The molecule has 0 radical (unpaired) electrons. The summed E-state index contributed by atoms with van der Waals surface area (Å²) >= 11 is 0. The first-order valence-electron chi connectivity index (χ1n) is 11.7. The average molecular weight is 467 g/mol. The van der Waals surface area contributed by atoms with E-state index in [9.17, 15) is 24.6 Å². The van der Waals surface area contributed by atoms with E-state index in [0.29, 0.717) is 25.8 Å². The molecule has 2 aromatic carbocycles. The third kappa shape index (κ3) is 4.37. The van der Waals surface area contributed by atoms with E-state index in [2.05, 4.69) is 17.4 Å². The average Bonchev–Trinajstić information content (AvgIpc) is 3.42. The monoisotopic (exact) mass is 466 g/mol. The minimum absolute atomic E-state index is 0.0713. The first-order chi connectivity index (χ1) is 16.4. The summed E-state index contributed by atoms with van der Waals surface area (Å²) < 4.78 is 5.44. The molecule has 180 valence electrons. The van der Waals surface area contributed by atoms with E-state index in [4.69, 9.17) is 4.74 Å². The molecular weight excluding hydrogens is 436 g/mol. The van der Waals surface area contributed by atoms with Gasteiger partial charge in [0.1, 0.15) is 12.1 Å². The molecule has 1 fully saturated rings. The number of hydrogen-bond donors (Lipinski definition) is 3. The SMILES string of the molecule is CCC1(C(=O)O)CCCN1C(=O)CC(O)CNC(=O)OCC1c2ccccc2-c2ccccc21. The van der Waals surface area contributed by atoms with Crippen molar-refractivity contribution >= 4 is 18.0 Å². The Kier molecular flexibility index (Phi) is 6.88. The number of rotatable bonds is 8. The van der Waals surface area contributed by atoms with Crippen LogP contribution >= 0.6 is 0 Å². The Balaban J connectivity index is 1.29. The molecule has 1 saturated heterocycles. The van der Waals surface area contributed by atoms with Crippen LogP contribution in [0.5, 0.6) is 0 Å². The fraction of sp³-hybridized carbons (Fsp3) is 0.423. The highest BCUT2D eigenvalue weighted by Crippen LogP contribution is 2.44. The van der Waals surface area contributed by atoms with Crippen LogP contribution in [0.3, 0.4) is 0 Å². The largest absolute Gasteiger partial charge is 0.479 e. The predicted molar refractivity (Wildman–Crippen MR) is 125 cm³/mol. The third-order valence-electron chi connectivity index (χ3n) is 7.01. The molecule has 2 aromatic rings. The number of benzene rings is 2. The van der Waals surface area contributed by atoms with Crippen molar-refractivity contribution in [3.8, 4) is 11.1 Å². The lowest BCUT2D eigenvalue weighted by molar-refractivity contribution is -0.157. The van der Waals surface area contributed by atoms with Crippen molar-refractivity contribution in [3.05, 3.63) is 59.7 Å². The van der Waals surface area contributed by atoms with Gasteiger partial charge in [-0.2, -0.15) is 0 Å². The lowest BCUT2D eigenvalue weighted by atomic mass is 9.92. The fourth-order valence-corrected chi connectivity index (χ4v) is 5.22. The number of ether oxygens (including phenoxy) is 1. The number of carboxylic acids is 1. The summed E-state index contributed by atoms with van der Waals surface area (Å²) in [6.07, 6.45) is -0.764. The number of aliphatic carboxylic acids is 1. The Morgan fingerprint density at radius 3 is 2.32 bits per heavy atom. The summed E-state index contributed by atoms with van der Waals surface area (Å²) in [7, 11) is 0. The van der Waals surface area contributed by atoms with Crippen LogP contribution in [0.15, 0.2) is 48.5 Å². The molecule has 2 atom stereocenters. The van der Waals surface area contributed by atoms with Crippen LogP contribution in [0.25, 0.3) is 11.1 Å². The van der Waals surface area contributed by atoms with E-state index in [1.165, 1.54) is 4.90 Å². The Hall–Kier alpha value is -3.39. The van der Waals surface area contributed by atoms with Crippen LogP contribution in [0.2, 0.25) is 0 Å². The number of alkyl carbamates (subject to hydrolysis) is 1. The van der Waals surface area contributed by atoms with Gasteiger partial charge in [0.05, 0.1) is 12.5 Å².